The average Bonchev–Trinajstić information content (AvgIpc) is 3.50. The molecule has 0 unspecified atom stereocenters. The van der Waals surface area contributed by atoms with Crippen LogP contribution in [-0.2, 0) is 19.4 Å². The van der Waals surface area contributed by atoms with Gasteiger partial charge in [0, 0.05) is 37.9 Å². The summed E-state index contributed by atoms with van der Waals surface area (Å²) < 4.78 is 13.6. The van der Waals surface area contributed by atoms with Gasteiger partial charge in [-0.1, -0.05) is 53.7 Å². The van der Waals surface area contributed by atoms with Crippen LogP contribution in [0.1, 0.15) is 27.8 Å². The van der Waals surface area contributed by atoms with E-state index in [1.165, 1.54) is 11.1 Å². The highest BCUT2D eigenvalue weighted by Crippen LogP contribution is 2.22. The summed E-state index contributed by atoms with van der Waals surface area (Å²) in [5.74, 6) is 8.11. The molecule has 0 fully saturated rings. The first-order valence-corrected chi connectivity index (χ1v) is 15.5. The van der Waals surface area contributed by atoms with Gasteiger partial charge in [0.2, 0.25) is 0 Å². The maximum Gasteiger partial charge on any atom is 0.122 e. The Labute approximate surface area is 267 Å². The lowest BCUT2D eigenvalue weighted by molar-refractivity contribution is 0.260. The molecule has 1 aromatic heterocycles. The van der Waals surface area contributed by atoms with Crippen molar-refractivity contribution >= 4 is 5.70 Å². The Hall–Kier alpha value is -4.38. The number of benzene rings is 3. The summed E-state index contributed by atoms with van der Waals surface area (Å²) in [6.45, 7) is 8.54. The zero-order valence-corrected chi connectivity index (χ0v) is 27.3. The molecule has 0 aliphatic rings. The van der Waals surface area contributed by atoms with Gasteiger partial charge in [0.15, 0.2) is 0 Å². The number of hydrazine groups is 1. The predicted molar refractivity (Wildman–Crippen MR) is 182 cm³/mol. The Morgan fingerprint density at radius 3 is 2.16 bits per heavy atom. The van der Waals surface area contributed by atoms with Crippen molar-refractivity contribution in [2.45, 2.75) is 33.2 Å². The Kier molecular flexibility index (Phi) is 12.4. The van der Waals surface area contributed by atoms with Crippen LogP contribution in [0.5, 0.6) is 11.5 Å². The molecule has 5 N–H and O–H groups in total. The van der Waals surface area contributed by atoms with E-state index < -0.39 is 0 Å². The lowest BCUT2D eigenvalue weighted by atomic mass is 10.1. The third kappa shape index (κ3) is 10.3. The molecular formula is C35H48N8O2. The van der Waals surface area contributed by atoms with Crippen LogP contribution in [0.15, 0.2) is 73.1 Å². The van der Waals surface area contributed by atoms with E-state index in [2.05, 4.69) is 64.7 Å². The van der Waals surface area contributed by atoms with Crippen molar-refractivity contribution in [1.82, 2.24) is 30.2 Å². The number of nitrogens with zero attached hydrogens (tertiary/aromatic N) is 5. The molecule has 0 aliphatic carbocycles. The molecule has 0 saturated heterocycles. The summed E-state index contributed by atoms with van der Waals surface area (Å²) in [5, 5.41) is 13.5. The van der Waals surface area contributed by atoms with E-state index in [1.807, 2.05) is 62.4 Å². The molecular weight excluding hydrogens is 564 g/mol. The van der Waals surface area contributed by atoms with Crippen molar-refractivity contribution in [3.8, 4) is 22.8 Å². The Balaban J connectivity index is 1.26. The van der Waals surface area contributed by atoms with Crippen LogP contribution in [0.2, 0.25) is 0 Å². The smallest absolute Gasteiger partial charge is 0.122 e. The highest BCUT2D eigenvalue weighted by molar-refractivity contribution is 5.66. The largest absolute Gasteiger partial charge is 0.492 e. The van der Waals surface area contributed by atoms with E-state index in [9.17, 15) is 0 Å². The van der Waals surface area contributed by atoms with Crippen molar-refractivity contribution in [2.75, 3.05) is 54.0 Å². The van der Waals surface area contributed by atoms with E-state index in [0.29, 0.717) is 25.5 Å². The van der Waals surface area contributed by atoms with Gasteiger partial charge in [-0.2, -0.15) is 0 Å². The summed E-state index contributed by atoms with van der Waals surface area (Å²) in [7, 11) is 6.00. The maximum atomic E-state index is 6.39. The molecule has 10 heteroatoms. The number of hydrogen-bond donors (Lipinski definition) is 3. The highest BCUT2D eigenvalue weighted by Gasteiger charge is 2.08. The second-order valence-corrected chi connectivity index (χ2v) is 11.6. The Morgan fingerprint density at radius 2 is 1.53 bits per heavy atom. The molecule has 4 rings (SSSR count). The fourth-order valence-corrected chi connectivity index (χ4v) is 4.85. The second kappa shape index (κ2) is 16.6. The van der Waals surface area contributed by atoms with Gasteiger partial charge in [-0.3, -0.25) is 4.68 Å². The number of hydrogen-bond acceptors (Lipinski definition) is 9. The number of nitrogens with one attached hydrogen (secondary N) is 1. The van der Waals surface area contributed by atoms with Crippen molar-refractivity contribution < 1.29 is 9.47 Å². The summed E-state index contributed by atoms with van der Waals surface area (Å²) in [5.41, 5.74) is 14.4. The number of aryl methyl sites for hydroxylation is 4. The average molecular weight is 613 g/mol. The van der Waals surface area contributed by atoms with Crippen molar-refractivity contribution in [3.63, 3.8) is 0 Å². The minimum absolute atomic E-state index is 0.599. The fraction of sp³-hybridized carbons (Fsp3) is 0.371. The molecule has 4 aromatic rings. The number of likely N-dealkylation sites (N-methyl/N-ethyl adjacent to an activating group) is 2. The van der Waals surface area contributed by atoms with Crippen LogP contribution in [0.4, 0.5) is 0 Å². The van der Waals surface area contributed by atoms with E-state index in [1.54, 1.807) is 11.2 Å². The lowest BCUT2D eigenvalue weighted by Gasteiger charge is -2.16. The van der Waals surface area contributed by atoms with Crippen LogP contribution in [0, 0.1) is 13.8 Å². The monoisotopic (exact) mass is 612 g/mol. The van der Waals surface area contributed by atoms with Crippen molar-refractivity contribution in [2.24, 2.45) is 11.6 Å². The van der Waals surface area contributed by atoms with Gasteiger partial charge >= 0.3 is 0 Å². The Morgan fingerprint density at radius 1 is 0.889 bits per heavy atom. The summed E-state index contributed by atoms with van der Waals surface area (Å²) >= 11 is 0. The normalized spacial score (nSPS) is 11.7. The predicted octanol–water partition coefficient (Wildman–Crippen LogP) is 4.02. The molecule has 10 nitrogen and oxygen atoms in total. The van der Waals surface area contributed by atoms with Crippen LogP contribution in [-0.4, -0.2) is 78.9 Å². The van der Waals surface area contributed by atoms with E-state index in [-0.39, 0.29) is 0 Å². The highest BCUT2D eigenvalue weighted by atomic mass is 16.5. The van der Waals surface area contributed by atoms with Crippen molar-refractivity contribution in [3.05, 3.63) is 101 Å². The Bertz CT molecular complexity index is 1530. The number of aromatic nitrogens is 3. The minimum atomic E-state index is 0.599. The molecule has 0 radical (unpaired) electrons. The van der Waals surface area contributed by atoms with Crippen molar-refractivity contribution in [1.29, 1.82) is 0 Å². The zero-order valence-electron chi connectivity index (χ0n) is 27.3. The topological polar surface area (TPSA) is 120 Å². The summed E-state index contributed by atoms with van der Waals surface area (Å²) in [6.07, 6.45) is 5.40. The molecule has 0 bridgehead atoms. The van der Waals surface area contributed by atoms with E-state index in [0.717, 1.165) is 71.9 Å². The zero-order chi connectivity index (χ0) is 32.2. The third-order valence-electron chi connectivity index (χ3n) is 7.53. The van der Waals surface area contributed by atoms with Gasteiger partial charge in [0.05, 0.1) is 11.9 Å². The van der Waals surface area contributed by atoms with Gasteiger partial charge in [-0.25, -0.2) is 5.84 Å². The van der Waals surface area contributed by atoms with Gasteiger partial charge in [-0.15, -0.1) is 5.10 Å². The van der Waals surface area contributed by atoms with Gasteiger partial charge in [-0.05, 0) is 87.8 Å². The summed E-state index contributed by atoms with van der Waals surface area (Å²) in [6, 6.07) is 20.6. The summed E-state index contributed by atoms with van der Waals surface area (Å²) in [4.78, 5) is 2.11. The molecule has 0 atom stereocenters. The molecule has 0 aliphatic heterocycles. The van der Waals surface area contributed by atoms with E-state index in [4.69, 9.17) is 21.1 Å². The number of ether oxygens (including phenoxy) is 2. The lowest BCUT2D eigenvalue weighted by Crippen LogP contribution is -2.28. The number of rotatable bonds is 17. The molecule has 3 aromatic carbocycles. The molecule has 1 heterocycles. The SMILES string of the molecule is CNCCOc1ccc(CCN(N)/C=C(\N)c2ccc(-c3cn(CCc4ccc(OCCN(C)C)c(C)c4)nn3)cc2)cc1C. The molecule has 0 spiro atoms. The molecule has 0 saturated carbocycles. The minimum Gasteiger partial charge on any atom is -0.492 e. The van der Waals surface area contributed by atoms with Crippen LogP contribution < -0.4 is 26.4 Å². The molecule has 45 heavy (non-hydrogen) atoms. The van der Waals surface area contributed by atoms with Gasteiger partial charge in [0.1, 0.15) is 30.4 Å². The maximum absolute atomic E-state index is 6.39. The van der Waals surface area contributed by atoms with E-state index >= 15 is 0 Å². The number of nitrogens with two attached hydrogens (primary N) is 2. The first kappa shape index (κ1) is 33.5. The quantitative estimate of drug-likeness (QED) is 0.0923. The van der Waals surface area contributed by atoms with Crippen LogP contribution in [0.3, 0.4) is 0 Å². The van der Waals surface area contributed by atoms with Gasteiger partial charge in [0.25, 0.3) is 0 Å². The standard InChI is InChI=1S/C35H48N8O2/c1-26-22-28(6-12-34(26)44-20-16-38-3)14-17-42(37)24-32(36)30-8-10-31(11-9-30)33-25-43(40-39-33)18-15-29-7-13-35(27(2)23-29)45-21-19-41(4)5/h6-13,22-25,38H,14-21,36-37H2,1-5H3/b32-24-. The molecule has 0 amide bonds. The first-order valence-electron chi connectivity index (χ1n) is 15.5. The van der Waals surface area contributed by atoms with Gasteiger partial charge < -0.3 is 30.4 Å². The second-order valence-electron chi connectivity index (χ2n) is 11.6. The first-order chi connectivity index (χ1) is 21.7. The third-order valence-corrected chi connectivity index (χ3v) is 7.53. The molecule has 240 valence electrons. The fourth-order valence-electron chi connectivity index (χ4n) is 4.85. The van der Waals surface area contributed by atoms with Crippen LogP contribution >= 0.6 is 0 Å². The van der Waals surface area contributed by atoms with Crippen LogP contribution in [0.25, 0.3) is 17.0 Å².